The topological polar surface area (TPSA) is 88.6 Å². The second-order valence-corrected chi connectivity index (χ2v) is 8.85. The van der Waals surface area contributed by atoms with Crippen LogP contribution in [0.2, 0.25) is 0 Å². The lowest BCUT2D eigenvalue weighted by atomic mass is 10.3. The Bertz CT molecular complexity index is 561. The van der Waals surface area contributed by atoms with Crippen molar-refractivity contribution in [3.63, 3.8) is 0 Å². The maximum absolute atomic E-state index is 11.3. The van der Waals surface area contributed by atoms with Gasteiger partial charge in [-0.1, -0.05) is 0 Å². The van der Waals surface area contributed by atoms with Crippen LogP contribution >= 0.6 is 23.5 Å². The summed E-state index contributed by atoms with van der Waals surface area (Å²) in [7, 11) is -7.24. The number of halogens is 1. The van der Waals surface area contributed by atoms with Gasteiger partial charge in [-0.2, -0.15) is 0 Å². The summed E-state index contributed by atoms with van der Waals surface area (Å²) in [5.41, 5.74) is -0.209. The first-order valence-electron chi connectivity index (χ1n) is 3.82. The van der Waals surface area contributed by atoms with E-state index in [4.69, 9.17) is 11.6 Å². The van der Waals surface area contributed by atoms with Crippen LogP contribution in [0.1, 0.15) is 0 Å². The largest absolute Gasteiger partial charge is 0.276 e. The fraction of sp³-hybridized carbons (Fsp3) is 0.500. The molecule has 1 aliphatic heterocycles. The molecular weight excluding hydrogens is 298 g/mol. The van der Waals surface area contributed by atoms with Crippen LogP contribution < -0.4 is 0 Å². The average molecular weight is 306 g/mol. The summed E-state index contributed by atoms with van der Waals surface area (Å²) in [5.74, 6) is 0. The number of sulfone groups is 1. The standard InChI is InChI=1S/C6H8ClNO5S3/c1-15(10,11)6-4(5(7)9)3-8(14-6)16(2,12)13/h3H2,1-2H3. The molecule has 0 aliphatic carbocycles. The van der Waals surface area contributed by atoms with E-state index in [1.165, 1.54) is 0 Å². The van der Waals surface area contributed by atoms with Crippen molar-refractivity contribution in [1.29, 1.82) is 0 Å². The van der Waals surface area contributed by atoms with Crippen LogP contribution in [0.5, 0.6) is 0 Å². The van der Waals surface area contributed by atoms with Gasteiger partial charge in [0.1, 0.15) is 4.24 Å². The maximum Gasteiger partial charge on any atom is 0.251 e. The van der Waals surface area contributed by atoms with Crippen molar-refractivity contribution in [3.05, 3.63) is 9.81 Å². The van der Waals surface area contributed by atoms with Crippen molar-refractivity contribution in [2.45, 2.75) is 0 Å². The molecule has 0 aromatic carbocycles. The monoisotopic (exact) mass is 305 g/mol. The fourth-order valence-corrected chi connectivity index (χ4v) is 4.59. The third-order valence-corrected chi connectivity index (χ3v) is 6.59. The normalized spacial score (nSPS) is 19.2. The van der Waals surface area contributed by atoms with E-state index in [1.807, 2.05) is 0 Å². The quantitative estimate of drug-likeness (QED) is 0.536. The van der Waals surface area contributed by atoms with Gasteiger partial charge in [0.2, 0.25) is 10.0 Å². The molecule has 0 aromatic rings. The SMILES string of the molecule is CS(=O)(=O)C1=C(C(=O)Cl)CN(S(C)(=O)=O)S1. The van der Waals surface area contributed by atoms with Gasteiger partial charge in [-0.15, -0.1) is 3.71 Å². The highest BCUT2D eigenvalue weighted by molar-refractivity contribution is 8.21. The number of hydrogen-bond acceptors (Lipinski definition) is 6. The Balaban J connectivity index is 3.23. The molecular formula is C6H8ClNO5S3. The van der Waals surface area contributed by atoms with Gasteiger partial charge in [0, 0.05) is 6.26 Å². The first-order chi connectivity index (χ1) is 7.03. The number of carbonyl (C=O) groups is 1. The summed E-state index contributed by atoms with van der Waals surface area (Å²) < 4.78 is 45.5. The number of hydrogen-bond donors (Lipinski definition) is 0. The molecule has 1 rings (SSSR count). The third-order valence-electron chi connectivity index (χ3n) is 1.66. The summed E-state index contributed by atoms with van der Waals surface area (Å²) in [4.78, 5) is 11.0. The lowest BCUT2D eigenvalue weighted by Crippen LogP contribution is -2.22. The van der Waals surface area contributed by atoms with Crippen LogP contribution in [0.15, 0.2) is 9.81 Å². The van der Waals surface area contributed by atoms with Crippen molar-refractivity contribution >= 4 is 48.7 Å². The second kappa shape index (κ2) is 4.30. The minimum Gasteiger partial charge on any atom is -0.276 e. The van der Waals surface area contributed by atoms with Gasteiger partial charge in [0.25, 0.3) is 5.24 Å². The minimum absolute atomic E-state index is 0.209. The number of rotatable bonds is 3. The zero-order valence-corrected chi connectivity index (χ0v) is 11.5. The zero-order chi connectivity index (χ0) is 12.7. The Morgan fingerprint density at radius 3 is 2.06 bits per heavy atom. The average Bonchev–Trinajstić information content (AvgIpc) is 2.44. The van der Waals surface area contributed by atoms with E-state index < -0.39 is 25.1 Å². The van der Waals surface area contributed by atoms with Gasteiger partial charge in [0.15, 0.2) is 9.84 Å². The Morgan fingerprint density at radius 2 is 1.81 bits per heavy atom. The van der Waals surface area contributed by atoms with Crippen LogP contribution in [-0.2, 0) is 24.7 Å². The van der Waals surface area contributed by atoms with Crippen molar-refractivity contribution in [2.75, 3.05) is 19.1 Å². The zero-order valence-electron chi connectivity index (χ0n) is 8.30. The van der Waals surface area contributed by atoms with Gasteiger partial charge in [0.05, 0.1) is 18.4 Å². The van der Waals surface area contributed by atoms with Crippen LogP contribution in [0.3, 0.4) is 0 Å². The molecule has 92 valence electrons. The van der Waals surface area contributed by atoms with E-state index in [0.717, 1.165) is 16.2 Å². The molecule has 1 heterocycles. The molecule has 0 fully saturated rings. The molecule has 0 bridgehead atoms. The number of sulfonamides is 1. The summed E-state index contributed by atoms with van der Waals surface area (Å²) in [6, 6.07) is 0. The van der Waals surface area contributed by atoms with Crippen LogP contribution in [0, 0.1) is 0 Å². The molecule has 16 heavy (non-hydrogen) atoms. The van der Waals surface area contributed by atoms with Gasteiger partial charge < -0.3 is 0 Å². The highest BCUT2D eigenvalue weighted by atomic mass is 35.5. The van der Waals surface area contributed by atoms with Crippen LogP contribution in [-0.4, -0.2) is 44.8 Å². The van der Waals surface area contributed by atoms with E-state index in [0.29, 0.717) is 11.9 Å². The Kier molecular flexibility index (Phi) is 3.75. The molecule has 0 amide bonds. The molecule has 0 saturated heterocycles. The first kappa shape index (κ1) is 14.0. The van der Waals surface area contributed by atoms with E-state index in [9.17, 15) is 21.6 Å². The van der Waals surface area contributed by atoms with Crippen LogP contribution in [0.25, 0.3) is 0 Å². The number of carbonyl (C=O) groups excluding carboxylic acids is 1. The third kappa shape index (κ3) is 2.98. The van der Waals surface area contributed by atoms with Crippen molar-refractivity contribution in [1.82, 2.24) is 3.71 Å². The lowest BCUT2D eigenvalue weighted by molar-refractivity contribution is -0.108. The molecule has 6 nitrogen and oxygen atoms in total. The van der Waals surface area contributed by atoms with Crippen LogP contribution in [0.4, 0.5) is 0 Å². The summed E-state index contributed by atoms with van der Waals surface area (Å²) in [5, 5.41) is -0.959. The van der Waals surface area contributed by atoms with Crippen molar-refractivity contribution < 1.29 is 21.6 Å². The molecule has 10 heteroatoms. The summed E-state index contributed by atoms with van der Waals surface area (Å²) in [6.07, 6.45) is 1.81. The van der Waals surface area contributed by atoms with E-state index in [2.05, 4.69) is 0 Å². The van der Waals surface area contributed by atoms with E-state index in [-0.39, 0.29) is 16.4 Å². The van der Waals surface area contributed by atoms with Gasteiger partial charge in [-0.25, -0.2) is 16.8 Å². The number of nitrogens with zero attached hydrogens (tertiary/aromatic N) is 1. The molecule has 0 unspecified atom stereocenters. The second-order valence-electron chi connectivity index (χ2n) is 3.13. The van der Waals surface area contributed by atoms with E-state index in [1.54, 1.807) is 0 Å². The highest BCUT2D eigenvalue weighted by Gasteiger charge is 2.36. The highest BCUT2D eigenvalue weighted by Crippen LogP contribution is 2.38. The van der Waals surface area contributed by atoms with Crippen molar-refractivity contribution in [3.8, 4) is 0 Å². The lowest BCUT2D eigenvalue weighted by Gasteiger charge is -2.10. The molecule has 1 aliphatic rings. The van der Waals surface area contributed by atoms with Gasteiger partial charge in [-0.3, -0.25) is 4.79 Å². The predicted molar refractivity (Wildman–Crippen MR) is 61.9 cm³/mol. The Hall–Kier alpha value is -0.0900. The van der Waals surface area contributed by atoms with E-state index >= 15 is 0 Å². The van der Waals surface area contributed by atoms with Crippen molar-refractivity contribution in [2.24, 2.45) is 0 Å². The smallest absolute Gasteiger partial charge is 0.251 e. The fourth-order valence-electron chi connectivity index (χ4n) is 0.992. The molecule has 0 spiro atoms. The van der Waals surface area contributed by atoms with Gasteiger partial charge in [-0.05, 0) is 23.5 Å². The molecule has 0 N–H and O–H groups in total. The molecule has 0 aromatic heterocycles. The predicted octanol–water partition coefficient (Wildman–Crippen LogP) is -0.0686. The van der Waals surface area contributed by atoms with Gasteiger partial charge >= 0.3 is 0 Å². The summed E-state index contributed by atoms with van der Waals surface area (Å²) >= 11 is 5.70. The minimum atomic E-state index is -3.66. The Labute approximate surface area is 103 Å². The summed E-state index contributed by atoms with van der Waals surface area (Å²) in [6.45, 7) is -0.325. The molecule has 0 atom stereocenters. The molecule has 0 saturated carbocycles. The molecule has 0 radical (unpaired) electrons. The maximum atomic E-state index is 11.3. The first-order valence-corrected chi connectivity index (χ1v) is 8.71. The Morgan fingerprint density at radius 1 is 1.31 bits per heavy atom.